The van der Waals surface area contributed by atoms with Crippen LogP contribution in [0.15, 0.2) is 24.3 Å². The van der Waals surface area contributed by atoms with Crippen molar-refractivity contribution in [2.45, 2.75) is 25.0 Å². The van der Waals surface area contributed by atoms with Gasteiger partial charge in [-0.2, -0.15) is 0 Å². The summed E-state index contributed by atoms with van der Waals surface area (Å²) in [5.74, 6) is 1.50. The van der Waals surface area contributed by atoms with Crippen LogP contribution in [-0.2, 0) is 4.74 Å². The van der Waals surface area contributed by atoms with Crippen LogP contribution in [0, 0.1) is 0 Å². The van der Waals surface area contributed by atoms with E-state index in [-0.39, 0.29) is 0 Å². The number of para-hydroxylation sites is 2. The highest BCUT2D eigenvalue weighted by molar-refractivity contribution is 5.39. The molecule has 2 N–H and O–H groups in total. The maximum absolute atomic E-state index is 5.67. The van der Waals surface area contributed by atoms with Crippen molar-refractivity contribution in [1.82, 2.24) is 0 Å². The van der Waals surface area contributed by atoms with Gasteiger partial charge >= 0.3 is 0 Å². The third-order valence-corrected chi connectivity index (χ3v) is 2.89. The van der Waals surface area contributed by atoms with Crippen LogP contribution in [-0.4, -0.2) is 32.5 Å². The highest BCUT2D eigenvalue weighted by Gasteiger charge is 2.26. The zero-order chi connectivity index (χ0) is 12.1. The second-order valence-electron chi connectivity index (χ2n) is 4.22. The lowest BCUT2D eigenvalue weighted by Gasteiger charge is -2.32. The normalized spacial score (nSPS) is 22.9. The predicted octanol–water partition coefficient (Wildman–Crippen LogP) is 1.58. The van der Waals surface area contributed by atoms with Gasteiger partial charge in [-0.15, -0.1) is 0 Å². The third kappa shape index (κ3) is 3.35. The lowest BCUT2D eigenvalue weighted by atomic mass is 9.90. The minimum atomic E-state index is 0.325. The van der Waals surface area contributed by atoms with Crippen LogP contribution in [0.2, 0.25) is 0 Å². The fourth-order valence-corrected chi connectivity index (χ4v) is 1.85. The molecule has 1 aromatic rings. The van der Waals surface area contributed by atoms with E-state index in [1.807, 2.05) is 24.3 Å². The molecule has 0 atom stereocenters. The second kappa shape index (κ2) is 5.89. The summed E-state index contributed by atoms with van der Waals surface area (Å²) in [5, 5.41) is 0. The third-order valence-electron chi connectivity index (χ3n) is 2.89. The number of hydrogen-bond acceptors (Lipinski definition) is 4. The summed E-state index contributed by atoms with van der Waals surface area (Å²) in [7, 11) is 1.63. The van der Waals surface area contributed by atoms with Crippen molar-refractivity contribution < 1.29 is 14.2 Å². The molecule has 0 amide bonds. The molecule has 0 radical (unpaired) electrons. The van der Waals surface area contributed by atoms with Crippen molar-refractivity contribution >= 4 is 0 Å². The van der Waals surface area contributed by atoms with Crippen LogP contribution in [0.1, 0.15) is 12.8 Å². The average Bonchev–Trinajstić information content (AvgIpc) is 2.32. The van der Waals surface area contributed by atoms with E-state index >= 15 is 0 Å². The molecular weight excluding hydrogens is 218 g/mol. The van der Waals surface area contributed by atoms with Crippen LogP contribution in [0.4, 0.5) is 0 Å². The number of ether oxygens (including phenoxy) is 3. The predicted molar refractivity (Wildman–Crippen MR) is 65.4 cm³/mol. The summed E-state index contributed by atoms with van der Waals surface area (Å²) in [6.07, 6.45) is 2.26. The van der Waals surface area contributed by atoms with Crippen molar-refractivity contribution in [2.24, 2.45) is 5.73 Å². The van der Waals surface area contributed by atoms with Crippen LogP contribution >= 0.6 is 0 Å². The Morgan fingerprint density at radius 2 is 1.88 bits per heavy atom. The first kappa shape index (κ1) is 12.2. The zero-order valence-electron chi connectivity index (χ0n) is 10.1. The summed E-state index contributed by atoms with van der Waals surface area (Å²) in [6.45, 7) is 1.13. The maximum atomic E-state index is 5.67. The van der Waals surface area contributed by atoms with Gasteiger partial charge in [0.1, 0.15) is 6.61 Å². The Morgan fingerprint density at radius 1 is 1.18 bits per heavy atom. The summed E-state index contributed by atoms with van der Waals surface area (Å²) < 4.78 is 16.4. The highest BCUT2D eigenvalue weighted by Crippen LogP contribution is 2.26. The summed E-state index contributed by atoms with van der Waals surface area (Å²) in [4.78, 5) is 0. The first-order valence-corrected chi connectivity index (χ1v) is 5.92. The number of nitrogens with two attached hydrogens (primary N) is 1. The minimum absolute atomic E-state index is 0.325. The number of hydrogen-bond donors (Lipinski definition) is 1. The van der Waals surface area contributed by atoms with E-state index < -0.39 is 0 Å². The van der Waals surface area contributed by atoms with Crippen LogP contribution in [0.5, 0.6) is 11.5 Å². The van der Waals surface area contributed by atoms with Crippen LogP contribution in [0.3, 0.4) is 0 Å². The van der Waals surface area contributed by atoms with Gasteiger partial charge in [0.2, 0.25) is 0 Å². The van der Waals surface area contributed by atoms with Gasteiger partial charge < -0.3 is 19.9 Å². The monoisotopic (exact) mass is 237 g/mol. The summed E-state index contributed by atoms with van der Waals surface area (Å²) in [6, 6.07) is 7.93. The standard InChI is InChI=1S/C13H19NO3/c1-15-12-4-2-3-5-13(12)17-7-6-16-11-8-10(14)9-11/h2-5,10-11H,6-9,14H2,1H3. The van der Waals surface area contributed by atoms with Gasteiger partial charge in [-0.1, -0.05) is 12.1 Å². The molecule has 1 aliphatic rings. The molecule has 0 heterocycles. The highest BCUT2D eigenvalue weighted by atomic mass is 16.5. The quantitative estimate of drug-likeness (QED) is 0.763. The van der Waals surface area contributed by atoms with Crippen molar-refractivity contribution in [1.29, 1.82) is 0 Å². The van der Waals surface area contributed by atoms with Crippen LogP contribution < -0.4 is 15.2 Å². The van der Waals surface area contributed by atoms with Crippen molar-refractivity contribution in [3.63, 3.8) is 0 Å². The fraction of sp³-hybridized carbons (Fsp3) is 0.538. The molecule has 4 heteroatoms. The Morgan fingerprint density at radius 3 is 2.53 bits per heavy atom. The van der Waals surface area contributed by atoms with E-state index in [0.29, 0.717) is 25.4 Å². The van der Waals surface area contributed by atoms with Gasteiger partial charge in [0.05, 0.1) is 19.8 Å². The van der Waals surface area contributed by atoms with Crippen LogP contribution in [0.25, 0.3) is 0 Å². The summed E-state index contributed by atoms with van der Waals surface area (Å²) >= 11 is 0. The lowest BCUT2D eigenvalue weighted by molar-refractivity contribution is -0.0199. The van der Waals surface area contributed by atoms with E-state index in [0.717, 1.165) is 24.3 Å². The SMILES string of the molecule is COc1ccccc1OCCOC1CC(N)C1. The van der Waals surface area contributed by atoms with Crippen molar-refractivity contribution in [3.8, 4) is 11.5 Å². The molecular formula is C13H19NO3. The van der Waals surface area contributed by atoms with Gasteiger partial charge in [-0.25, -0.2) is 0 Å². The minimum Gasteiger partial charge on any atom is -0.493 e. The topological polar surface area (TPSA) is 53.7 Å². The number of rotatable bonds is 6. The molecule has 0 spiro atoms. The average molecular weight is 237 g/mol. The van der Waals surface area contributed by atoms with Gasteiger partial charge in [0.25, 0.3) is 0 Å². The Labute approximate surface area is 102 Å². The first-order valence-electron chi connectivity index (χ1n) is 5.92. The zero-order valence-corrected chi connectivity index (χ0v) is 10.1. The molecule has 1 saturated carbocycles. The van der Waals surface area contributed by atoms with Crippen molar-refractivity contribution in [2.75, 3.05) is 20.3 Å². The van der Waals surface area contributed by atoms with Gasteiger partial charge in [-0.05, 0) is 25.0 Å². The van der Waals surface area contributed by atoms with E-state index in [1.54, 1.807) is 7.11 Å². The van der Waals surface area contributed by atoms with Gasteiger partial charge in [0, 0.05) is 6.04 Å². The Hall–Kier alpha value is -1.26. The Bertz CT molecular complexity index is 350. The molecule has 0 bridgehead atoms. The molecule has 0 unspecified atom stereocenters. The molecule has 4 nitrogen and oxygen atoms in total. The summed E-state index contributed by atoms with van der Waals surface area (Å²) in [5.41, 5.74) is 5.67. The first-order chi connectivity index (χ1) is 8.29. The fourth-order valence-electron chi connectivity index (χ4n) is 1.85. The maximum Gasteiger partial charge on any atom is 0.161 e. The molecule has 1 fully saturated rings. The second-order valence-corrected chi connectivity index (χ2v) is 4.22. The smallest absolute Gasteiger partial charge is 0.161 e. The molecule has 1 aromatic carbocycles. The van der Waals surface area contributed by atoms with E-state index in [1.165, 1.54) is 0 Å². The molecule has 0 aromatic heterocycles. The van der Waals surface area contributed by atoms with Gasteiger partial charge in [0.15, 0.2) is 11.5 Å². The number of methoxy groups -OCH3 is 1. The van der Waals surface area contributed by atoms with Crippen molar-refractivity contribution in [3.05, 3.63) is 24.3 Å². The largest absolute Gasteiger partial charge is 0.493 e. The molecule has 1 aliphatic carbocycles. The molecule has 94 valence electrons. The molecule has 2 rings (SSSR count). The molecule has 0 saturated heterocycles. The Balaban J connectivity index is 1.67. The lowest BCUT2D eigenvalue weighted by Crippen LogP contribution is -2.42. The van der Waals surface area contributed by atoms with E-state index in [4.69, 9.17) is 19.9 Å². The Kier molecular flexibility index (Phi) is 4.23. The molecule has 17 heavy (non-hydrogen) atoms. The molecule has 0 aliphatic heterocycles. The van der Waals surface area contributed by atoms with Gasteiger partial charge in [-0.3, -0.25) is 0 Å². The van der Waals surface area contributed by atoms with E-state index in [9.17, 15) is 0 Å². The van der Waals surface area contributed by atoms with E-state index in [2.05, 4.69) is 0 Å². The number of benzene rings is 1.